The molecular formula is C16H22N4O4S. The number of hydrogen-bond donors (Lipinski definition) is 3. The molecule has 1 heterocycles. The predicted octanol–water partition coefficient (Wildman–Crippen LogP) is -0.841. The molecule has 2 rings (SSSR count). The molecule has 8 nitrogen and oxygen atoms in total. The Morgan fingerprint density at radius 3 is 2.84 bits per heavy atom. The molecule has 0 aromatic heterocycles. The van der Waals surface area contributed by atoms with Crippen LogP contribution in [0.5, 0.6) is 0 Å². The zero-order valence-electron chi connectivity index (χ0n) is 14.0. The van der Waals surface area contributed by atoms with E-state index < -0.39 is 28.1 Å². The summed E-state index contributed by atoms with van der Waals surface area (Å²) in [6.45, 7) is 1.25. The molecule has 1 saturated heterocycles. The molecule has 2 atom stereocenters. The first-order chi connectivity index (χ1) is 11.8. The Morgan fingerprint density at radius 1 is 1.44 bits per heavy atom. The Balaban J connectivity index is 1.94. The van der Waals surface area contributed by atoms with E-state index in [0.29, 0.717) is 31.6 Å². The van der Waals surface area contributed by atoms with E-state index in [-0.39, 0.29) is 6.54 Å². The smallest absolute Gasteiger partial charge is 0.235 e. The molecule has 136 valence electrons. The first-order valence-electron chi connectivity index (χ1n) is 7.91. The number of nitrogens with one attached hydrogen (secondary N) is 2. The number of sulfonamides is 1. The third-order valence-corrected chi connectivity index (χ3v) is 4.70. The van der Waals surface area contributed by atoms with Crippen LogP contribution in [-0.4, -0.2) is 62.4 Å². The SMILES string of the molecule is CS(=O)(=O)NCC(=O)N[C@@H]1CN(Cc2ccccc2C#N)CC[C@@H]1O. The summed E-state index contributed by atoms with van der Waals surface area (Å²) in [4.78, 5) is 13.9. The number of carbonyl (C=O) groups is 1. The number of piperidine rings is 1. The van der Waals surface area contributed by atoms with Crippen LogP contribution in [0.25, 0.3) is 0 Å². The van der Waals surface area contributed by atoms with Crippen LogP contribution in [0.1, 0.15) is 17.5 Å². The van der Waals surface area contributed by atoms with Crippen LogP contribution in [0.4, 0.5) is 0 Å². The van der Waals surface area contributed by atoms with Gasteiger partial charge >= 0.3 is 0 Å². The van der Waals surface area contributed by atoms with Crippen molar-refractivity contribution in [2.24, 2.45) is 0 Å². The Kier molecular flexibility index (Phi) is 6.50. The van der Waals surface area contributed by atoms with Gasteiger partial charge in [0.05, 0.1) is 36.6 Å². The van der Waals surface area contributed by atoms with Crippen LogP contribution in [-0.2, 0) is 21.4 Å². The lowest BCUT2D eigenvalue weighted by atomic mass is 10.0. The number of amides is 1. The van der Waals surface area contributed by atoms with Crippen molar-refractivity contribution < 1.29 is 18.3 Å². The summed E-state index contributed by atoms with van der Waals surface area (Å²) in [5.41, 5.74) is 1.50. The lowest BCUT2D eigenvalue weighted by Crippen LogP contribution is -2.56. The number of rotatable bonds is 6. The topological polar surface area (TPSA) is 123 Å². The van der Waals surface area contributed by atoms with Crippen LogP contribution < -0.4 is 10.0 Å². The fraction of sp³-hybridized carbons (Fsp3) is 0.500. The maximum Gasteiger partial charge on any atom is 0.235 e. The monoisotopic (exact) mass is 366 g/mol. The van der Waals surface area contributed by atoms with E-state index in [2.05, 4.69) is 21.0 Å². The van der Waals surface area contributed by atoms with E-state index in [1.165, 1.54) is 0 Å². The summed E-state index contributed by atoms with van der Waals surface area (Å²) in [7, 11) is -3.45. The molecule has 0 radical (unpaired) electrons. The van der Waals surface area contributed by atoms with Gasteiger partial charge in [-0.1, -0.05) is 18.2 Å². The fourth-order valence-corrected chi connectivity index (χ4v) is 3.15. The molecule has 3 N–H and O–H groups in total. The summed E-state index contributed by atoms with van der Waals surface area (Å²) < 4.78 is 24.2. The minimum Gasteiger partial charge on any atom is -0.391 e. The highest BCUT2D eigenvalue weighted by Gasteiger charge is 2.29. The number of nitrogens with zero attached hydrogens (tertiary/aromatic N) is 2. The maximum atomic E-state index is 11.9. The normalized spacial score (nSPS) is 21.5. The third kappa shape index (κ3) is 6.10. The fourth-order valence-electron chi connectivity index (χ4n) is 2.76. The Bertz CT molecular complexity index is 760. The summed E-state index contributed by atoms with van der Waals surface area (Å²) in [6, 6.07) is 8.98. The zero-order valence-corrected chi connectivity index (χ0v) is 14.8. The first kappa shape index (κ1) is 19.3. The molecule has 1 aliphatic rings. The minimum atomic E-state index is -3.45. The number of aliphatic hydroxyl groups is 1. The molecule has 9 heteroatoms. The zero-order chi connectivity index (χ0) is 18.4. The molecule has 0 saturated carbocycles. The van der Waals surface area contributed by atoms with Crippen molar-refractivity contribution in [1.82, 2.24) is 14.9 Å². The lowest BCUT2D eigenvalue weighted by Gasteiger charge is -2.36. The summed E-state index contributed by atoms with van der Waals surface area (Å²) >= 11 is 0. The number of aliphatic hydroxyl groups excluding tert-OH is 1. The third-order valence-electron chi connectivity index (χ3n) is 4.03. The van der Waals surface area contributed by atoms with Crippen LogP contribution in [0.15, 0.2) is 24.3 Å². The van der Waals surface area contributed by atoms with E-state index in [4.69, 9.17) is 5.26 Å². The molecule has 0 bridgehead atoms. The number of carbonyl (C=O) groups excluding carboxylic acids is 1. The second-order valence-electron chi connectivity index (χ2n) is 6.13. The van der Waals surface area contributed by atoms with Gasteiger partial charge in [0.1, 0.15) is 0 Å². The number of hydrogen-bond acceptors (Lipinski definition) is 6. The van der Waals surface area contributed by atoms with Gasteiger partial charge in [-0.2, -0.15) is 5.26 Å². The average molecular weight is 366 g/mol. The van der Waals surface area contributed by atoms with E-state index in [1.807, 2.05) is 12.1 Å². The van der Waals surface area contributed by atoms with Gasteiger partial charge < -0.3 is 10.4 Å². The van der Waals surface area contributed by atoms with Gasteiger partial charge in [-0.25, -0.2) is 13.1 Å². The number of benzene rings is 1. The summed E-state index contributed by atoms with van der Waals surface area (Å²) in [6.07, 6.45) is 0.771. The predicted molar refractivity (Wildman–Crippen MR) is 91.8 cm³/mol. The Morgan fingerprint density at radius 2 is 2.16 bits per heavy atom. The van der Waals surface area contributed by atoms with Crippen molar-refractivity contribution in [2.75, 3.05) is 25.9 Å². The van der Waals surface area contributed by atoms with Crippen molar-refractivity contribution in [3.63, 3.8) is 0 Å². The largest absolute Gasteiger partial charge is 0.391 e. The highest BCUT2D eigenvalue weighted by molar-refractivity contribution is 7.88. The molecule has 0 aliphatic carbocycles. The Labute approximate surface area is 147 Å². The molecule has 1 amide bonds. The lowest BCUT2D eigenvalue weighted by molar-refractivity contribution is -0.122. The summed E-state index contributed by atoms with van der Waals surface area (Å²) in [5, 5.41) is 21.9. The maximum absolute atomic E-state index is 11.9. The van der Waals surface area contributed by atoms with Crippen molar-refractivity contribution in [2.45, 2.75) is 25.1 Å². The van der Waals surface area contributed by atoms with Crippen LogP contribution >= 0.6 is 0 Å². The molecule has 1 aliphatic heterocycles. The van der Waals surface area contributed by atoms with Gasteiger partial charge in [0.25, 0.3) is 0 Å². The van der Waals surface area contributed by atoms with E-state index in [9.17, 15) is 18.3 Å². The number of nitriles is 1. The standard InChI is InChI=1S/C16H22N4O4S/c1-25(23,24)18-9-16(22)19-14-11-20(7-6-15(14)21)10-13-5-3-2-4-12(13)8-17/h2-5,14-15,18,21H,6-7,9-11H2,1H3,(H,19,22)/t14-,15+/m1/s1. The van der Waals surface area contributed by atoms with Crippen molar-refractivity contribution in [1.29, 1.82) is 5.26 Å². The second-order valence-corrected chi connectivity index (χ2v) is 7.96. The van der Waals surface area contributed by atoms with Gasteiger partial charge in [0, 0.05) is 19.6 Å². The molecule has 1 aromatic rings. The number of likely N-dealkylation sites (tertiary alicyclic amines) is 1. The second kappa shape index (κ2) is 8.40. The molecule has 1 aromatic carbocycles. The van der Waals surface area contributed by atoms with E-state index >= 15 is 0 Å². The average Bonchev–Trinajstić information content (AvgIpc) is 2.56. The van der Waals surface area contributed by atoms with Crippen LogP contribution in [0.2, 0.25) is 0 Å². The minimum absolute atomic E-state index is 0.362. The van der Waals surface area contributed by atoms with Gasteiger partial charge in [0.15, 0.2) is 0 Å². The highest BCUT2D eigenvalue weighted by atomic mass is 32.2. The van der Waals surface area contributed by atoms with Crippen LogP contribution in [0.3, 0.4) is 0 Å². The molecule has 0 spiro atoms. The summed E-state index contributed by atoms with van der Waals surface area (Å²) in [5.74, 6) is -0.492. The highest BCUT2D eigenvalue weighted by Crippen LogP contribution is 2.16. The Hall–Kier alpha value is -1.99. The van der Waals surface area contributed by atoms with Gasteiger partial charge in [-0.15, -0.1) is 0 Å². The van der Waals surface area contributed by atoms with Crippen molar-refractivity contribution in [3.05, 3.63) is 35.4 Å². The quantitative estimate of drug-likeness (QED) is 0.603. The van der Waals surface area contributed by atoms with Gasteiger partial charge in [-0.05, 0) is 18.1 Å². The van der Waals surface area contributed by atoms with Crippen molar-refractivity contribution >= 4 is 15.9 Å². The van der Waals surface area contributed by atoms with E-state index in [1.54, 1.807) is 12.1 Å². The van der Waals surface area contributed by atoms with Gasteiger partial charge in [0.2, 0.25) is 15.9 Å². The molecule has 25 heavy (non-hydrogen) atoms. The molecular weight excluding hydrogens is 344 g/mol. The first-order valence-corrected chi connectivity index (χ1v) is 9.80. The van der Waals surface area contributed by atoms with Crippen molar-refractivity contribution in [3.8, 4) is 6.07 Å². The van der Waals surface area contributed by atoms with E-state index in [0.717, 1.165) is 11.8 Å². The molecule has 0 unspecified atom stereocenters. The van der Waals surface area contributed by atoms with Gasteiger partial charge in [-0.3, -0.25) is 9.69 Å². The molecule has 1 fully saturated rings. The van der Waals surface area contributed by atoms with Crippen LogP contribution in [0, 0.1) is 11.3 Å².